The molecule has 1 N–H and O–H groups in total. The van der Waals surface area contributed by atoms with Gasteiger partial charge >= 0.3 is 5.97 Å². The van der Waals surface area contributed by atoms with Crippen molar-refractivity contribution in [2.75, 3.05) is 25.1 Å². The number of methoxy groups -OCH3 is 1. The van der Waals surface area contributed by atoms with Gasteiger partial charge in [0.15, 0.2) is 5.82 Å². The van der Waals surface area contributed by atoms with E-state index in [0.29, 0.717) is 18.9 Å². The van der Waals surface area contributed by atoms with E-state index in [0.717, 1.165) is 34.5 Å². The number of rotatable bonds is 9. The van der Waals surface area contributed by atoms with Crippen LogP contribution in [0.25, 0.3) is 22.3 Å². The molecule has 0 aliphatic heterocycles. The Bertz CT molecular complexity index is 1210. The summed E-state index contributed by atoms with van der Waals surface area (Å²) >= 11 is 0. The summed E-state index contributed by atoms with van der Waals surface area (Å²) in [5, 5.41) is 10.2. The average Bonchev–Trinajstić information content (AvgIpc) is 2.84. The van der Waals surface area contributed by atoms with Gasteiger partial charge in [-0.2, -0.15) is 0 Å². The third-order valence-electron chi connectivity index (χ3n) is 5.32. The number of anilines is 1. The predicted octanol–water partition coefficient (Wildman–Crippen LogP) is 4.83. The van der Waals surface area contributed by atoms with Crippen LogP contribution in [0.2, 0.25) is 0 Å². The molecule has 0 fully saturated rings. The van der Waals surface area contributed by atoms with Crippen LogP contribution in [0.15, 0.2) is 78.9 Å². The van der Waals surface area contributed by atoms with Gasteiger partial charge in [-0.3, -0.25) is 4.79 Å². The van der Waals surface area contributed by atoms with Gasteiger partial charge in [0.2, 0.25) is 0 Å². The second kappa shape index (κ2) is 9.92. The minimum atomic E-state index is -0.832. The summed E-state index contributed by atoms with van der Waals surface area (Å²) in [6.45, 7) is 1.01. The first-order valence-electron chi connectivity index (χ1n) is 10.6. The second-order valence-corrected chi connectivity index (χ2v) is 7.49. The van der Waals surface area contributed by atoms with Crippen molar-refractivity contribution in [3.63, 3.8) is 0 Å². The van der Waals surface area contributed by atoms with Crippen LogP contribution in [0, 0.1) is 0 Å². The standard InChI is InChI=1S/C26H25N3O3/c1-32-21-11-7-10-20(18-21)25-27-23-13-6-5-12-22(23)26(28-25)29(17-15-24(30)31)16-14-19-8-3-2-4-9-19/h2-13,18H,14-17H2,1H3,(H,30,31). The van der Waals surface area contributed by atoms with E-state index >= 15 is 0 Å². The van der Waals surface area contributed by atoms with Crippen molar-refractivity contribution in [3.8, 4) is 17.1 Å². The molecule has 0 radical (unpaired) electrons. The summed E-state index contributed by atoms with van der Waals surface area (Å²) in [5.41, 5.74) is 2.85. The van der Waals surface area contributed by atoms with E-state index in [9.17, 15) is 9.90 Å². The van der Waals surface area contributed by atoms with Crippen molar-refractivity contribution in [2.45, 2.75) is 12.8 Å². The molecule has 162 valence electrons. The quantitative estimate of drug-likeness (QED) is 0.412. The fourth-order valence-corrected chi connectivity index (χ4v) is 3.66. The SMILES string of the molecule is COc1cccc(-c2nc(N(CCC(=O)O)CCc3ccccc3)c3ccccc3n2)c1. The van der Waals surface area contributed by atoms with Gasteiger partial charge in [0.25, 0.3) is 0 Å². The van der Waals surface area contributed by atoms with Crippen molar-refractivity contribution in [2.24, 2.45) is 0 Å². The molecule has 0 saturated heterocycles. The van der Waals surface area contributed by atoms with Gasteiger partial charge in [0.1, 0.15) is 11.6 Å². The van der Waals surface area contributed by atoms with E-state index in [1.54, 1.807) is 7.11 Å². The molecule has 0 saturated carbocycles. The number of nitrogens with zero attached hydrogens (tertiary/aromatic N) is 3. The number of aromatic nitrogens is 2. The van der Waals surface area contributed by atoms with Crippen LogP contribution in [0.5, 0.6) is 5.75 Å². The highest BCUT2D eigenvalue weighted by Gasteiger charge is 2.17. The van der Waals surface area contributed by atoms with E-state index < -0.39 is 5.97 Å². The molecule has 6 heteroatoms. The summed E-state index contributed by atoms with van der Waals surface area (Å²) in [7, 11) is 1.63. The summed E-state index contributed by atoms with van der Waals surface area (Å²) in [6, 6.07) is 25.6. The van der Waals surface area contributed by atoms with Crippen molar-refractivity contribution in [1.82, 2.24) is 9.97 Å². The van der Waals surface area contributed by atoms with E-state index in [1.807, 2.05) is 66.7 Å². The lowest BCUT2D eigenvalue weighted by molar-refractivity contribution is -0.136. The van der Waals surface area contributed by atoms with Gasteiger partial charge in [-0.1, -0.05) is 54.6 Å². The Kier molecular flexibility index (Phi) is 6.60. The number of carboxylic acids is 1. The molecule has 0 aliphatic rings. The molecule has 0 unspecified atom stereocenters. The van der Waals surface area contributed by atoms with E-state index in [4.69, 9.17) is 14.7 Å². The zero-order valence-corrected chi connectivity index (χ0v) is 17.9. The normalized spacial score (nSPS) is 10.8. The second-order valence-electron chi connectivity index (χ2n) is 7.49. The summed E-state index contributed by atoms with van der Waals surface area (Å²) in [6.07, 6.45) is 0.814. The largest absolute Gasteiger partial charge is 0.497 e. The number of carbonyl (C=O) groups is 1. The van der Waals surface area contributed by atoms with E-state index in [1.165, 1.54) is 5.56 Å². The van der Waals surface area contributed by atoms with Crippen LogP contribution in [0.4, 0.5) is 5.82 Å². The van der Waals surface area contributed by atoms with E-state index in [-0.39, 0.29) is 6.42 Å². The zero-order valence-electron chi connectivity index (χ0n) is 17.9. The van der Waals surface area contributed by atoms with Gasteiger partial charge in [0, 0.05) is 24.0 Å². The van der Waals surface area contributed by atoms with Crippen LogP contribution in [0.3, 0.4) is 0 Å². The van der Waals surface area contributed by atoms with Crippen molar-refractivity contribution >= 4 is 22.7 Å². The molecule has 32 heavy (non-hydrogen) atoms. The first-order chi connectivity index (χ1) is 15.6. The lowest BCUT2D eigenvalue weighted by atomic mass is 10.1. The van der Waals surface area contributed by atoms with Crippen molar-refractivity contribution in [1.29, 1.82) is 0 Å². The maximum Gasteiger partial charge on any atom is 0.305 e. The molecule has 0 atom stereocenters. The Labute approximate surface area is 187 Å². The smallest absolute Gasteiger partial charge is 0.305 e. The lowest BCUT2D eigenvalue weighted by Gasteiger charge is -2.25. The molecule has 0 bridgehead atoms. The first kappa shape index (κ1) is 21.3. The molecular formula is C26H25N3O3. The highest BCUT2D eigenvalue weighted by atomic mass is 16.5. The number of ether oxygens (including phenoxy) is 1. The predicted molar refractivity (Wildman–Crippen MR) is 126 cm³/mol. The molecular weight excluding hydrogens is 402 g/mol. The zero-order chi connectivity index (χ0) is 22.3. The summed E-state index contributed by atoms with van der Waals surface area (Å²) in [4.78, 5) is 23.1. The molecule has 4 aromatic rings. The van der Waals surface area contributed by atoms with Crippen molar-refractivity contribution in [3.05, 3.63) is 84.4 Å². The summed E-state index contributed by atoms with van der Waals surface area (Å²) in [5.74, 6) is 1.22. The Balaban J connectivity index is 1.77. The third kappa shape index (κ3) is 5.03. The molecule has 1 aromatic heterocycles. The number of fused-ring (bicyclic) bond motifs is 1. The number of carboxylic acid groups (broad SMARTS) is 1. The van der Waals surface area contributed by atoms with Gasteiger partial charge in [0.05, 0.1) is 19.0 Å². The first-order valence-corrected chi connectivity index (χ1v) is 10.6. The molecule has 0 spiro atoms. The Hall–Kier alpha value is -3.93. The average molecular weight is 428 g/mol. The lowest BCUT2D eigenvalue weighted by Crippen LogP contribution is -2.29. The Morgan fingerprint density at radius 1 is 0.938 bits per heavy atom. The van der Waals surface area contributed by atoms with Crippen LogP contribution in [0.1, 0.15) is 12.0 Å². The molecule has 6 nitrogen and oxygen atoms in total. The van der Waals surface area contributed by atoms with Crippen LogP contribution in [-0.4, -0.2) is 41.2 Å². The number of benzene rings is 3. The molecule has 0 aliphatic carbocycles. The van der Waals surface area contributed by atoms with Gasteiger partial charge in [-0.05, 0) is 36.2 Å². The number of aliphatic carboxylic acids is 1. The Morgan fingerprint density at radius 3 is 2.50 bits per heavy atom. The molecule has 4 rings (SSSR count). The molecule has 0 amide bonds. The van der Waals surface area contributed by atoms with Gasteiger partial charge in [-0.15, -0.1) is 0 Å². The topological polar surface area (TPSA) is 75.5 Å². The monoisotopic (exact) mass is 427 g/mol. The van der Waals surface area contributed by atoms with Crippen molar-refractivity contribution < 1.29 is 14.6 Å². The molecule has 3 aromatic carbocycles. The number of hydrogen-bond donors (Lipinski definition) is 1. The minimum Gasteiger partial charge on any atom is -0.497 e. The van der Waals surface area contributed by atoms with Gasteiger partial charge < -0.3 is 14.7 Å². The third-order valence-corrected chi connectivity index (χ3v) is 5.32. The molecule has 1 heterocycles. The van der Waals surface area contributed by atoms with Crippen LogP contribution < -0.4 is 9.64 Å². The van der Waals surface area contributed by atoms with E-state index in [2.05, 4.69) is 17.0 Å². The van der Waals surface area contributed by atoms with Gasteiger partial charge in [-0.25, -0.2) is 9.97 Å². The summed E-state index contributed by atoms with van der Waals surface area (Å²) < 4.78 is 5.36. The maximum atomic E-state index is 11.4. The highest BCUT2D eigenvalue weighted by molar-refractivity contribution is 5.91. The highest BCUT2D eigenvalue weighted by Crippen LogP contribution is 2.29. The fraction of sp³-hybridized carbons (Fsp3) is 0.192. The van der Waals surface area contributed by atoms with Crippen LogP contribution >= 0.6 is 0 Å². The van der Waals surface area contributed by atoms with Crippen LogP contribution in [-0.2, 0) is 11.2 Å². The Morgan fingerprint density at radius 2 is 1.72 bits per heavy atom. The number of hydrogen-bond acceptors (Lipinski definition) is 5. The minimum absolute atomic E-state index is 0.0294. The fourth-order valence-electron chi connectivity index (χ4n) is 3.66. The number of para-hydroxylation sites is 1. The maximum absolute atomic E-state index is 11.4.